The van der Waals surface area contributed by atoms with E-state index in [1.54, 1.807) is 6.07 Å². The van der Waals surface area contributed by atoms with Crippen LogP contribution in [-0.2, 0) is 0 Å². The van der Waals surface area contributed by atoms with Crippen molar-refractivity contribution in [3.63, 3.8) is 0 Å². The van der Waals surface area contributed by atoms with E-state index in [0.29, 0.717) is 17.1 Å². The lowest BCUT2D eigenvalue weighted by molar-refractivity contribution is 0.344. The van der Waals surface area contributed by atoms with E-state index in [9.17, 15) is 0 Å². The van der Waals surface area contributed by atoms with E-state index in [1.807, 2.05) is 12.1 Å². The molecule has 1 atom stereocenters. The lowest BCUT2D eigenvalue weighted by Gasteiger charge is -2.26. The van der Waals surface area contributed by atoms with E-state index in [0.717, 1.165) is 12.4 Å². The Morgan fingerprint density at radius 2 is 2.06 bits per heavy atom. The Morgan fingerprint density at radius 1 is 1.38 bits per heavy atom. The zero-order valence-corrected chi connectivity index (χ0v) is 11.1. The van der Waals surface area contributed by atoms with Gasteiger partial charge < -0.3 is 10.2 Å². The molecule has 1 unspecified atom stereocenters. The van der Waals surface area contributed by atoms with Gasteiger partial charge in [-0.3, -0.25) is 0 Å². The molecule has 1 N–H and O–H groups in total. The standard InChI is InChI=1S/C12H20ClN3/c1-9(2)10(8-16(3)4)14-12-7-5-6-11(13)15-12/h5-7,9-10H,8H2,1-4H3,(H,14,15). The average molecular weight is 242 g/mol. The van der Waals surface area contributed by atoms with Crippen LogP contribution in [-0.4, -0.2) is 36.6 Å². The molecule has 90 valence electrons. The van der Waals surface area contributed by atoms with Gasteiger partial charge in [0.05, 0.1) is 0 Å². The Bertz CT molecular complexity index is 326. The molecule has 0 bridgehead atoms. The smallest absolute Gasteiger partial charge is 0.131 e. The number of nitrogens with zero attached hydrogens (tertiary/aromatic N) is 2. The molecule has 0 fully saturated rings. The Labute approximate surface area is 103 Å². The molecule has 0 radical (unpaired) electrons. The van der Waals surface area contributed by atoms with Gasteiger partial charge in [-0.1, -0.05) is 31.5 Å². The molecule has 0 saturated heterocycles. The van der Waals surface area contributed by atoms with E-state index in [4.69, 9.17) is 11.6 Å². The molecule has 0 aliphatic heterocycles. The third kappa shape index (κ3) is 4.37. The van der Waals surface area contributed by atoms with Crippen LogP contribution < -0.4 is 5.32 Å². The number of hydrogen-bond donors (Lipinski definition) is 1. The van der Waals surface area contributed by atoms with Crippen LogP contribution in [0, 0.1) is 5.92 Å². The summed E-state index contributed by atoms with van der Waals surface area (Å²) in [5.74, 6) is 1.39. The maximum atomic E-state index is 5.85. The second-order valence-corrected chi connectivity index (χ2v) is 4.99. The lowest BCUT2D eigenvalue weighted by atomic mass is 10.0. The Balaban J connectivity index is 2.68. The number of anilines is 1. The van der Waals surface area contributed by atoms with Crippen LogP contribution in [0.2, 0.25) is 5.15 Å². The minimum absolute atomic E-state index is 0.376. The maximum Gasteiger partial charge on any atom is 0.131 e. The number of rotatable bonds is 5. The van der Waals surface area contributed by atoms with Gasteiger partial charge in [-0.2, -0.15) is 0 Å². The Kier molecular flexibility index (Phi) is 5.03. The van der Waals surface area contributed by atoms with Crippen molar-refractivity contribution in [2.75, 3.05) is 26.0 Å². The normalized spacial score (nSPS) is 13.2. The van der Waals surface area contributed by atoms with Crippen LogP contribution >= 0.6 is 11.6 Å². The van der Waals surface area contributed by atoms with Gasteiger partial charge in [0, 0.05) is 12.6 Å². The minimum Gasteiger partial charge on any atom is -0.366 e. The van der Waals surface area contributed by atoms with Crippen LogP contribution in [0.5, 0.6) is 0 Å². The van der Waals surface area contributed by atoms with Gasteiger partial charge in [0.2, 0.25) is 0 Å². The molecule has 1 rings (SSSR count). The first kappa shape index (κ1) is 13.3. The first-order valence-electron chi connectivity index (χ1n) is 5.53. The van der Waals surface area contributed by atoms with Crippen LogP contribution in [0.4, 0.5) is 5.82 Å². The highest BCUT2D eigenvalue weighted by atomic mass is 35.5. The third-order valence-corrected chi connectivity index (χ3v) is 2.63. The van der Waals surface area contributed by atoms with Crippen LogP contribution in [0.3, 0.4) is 0 Å². The van der Waals surface area contributed by atoms with Crippen molar-refractivity contribution >= 4 is 17.4 Å². The van der Waals surface area contributed by atoms with Gasteiger partial charge in [-0.05, 0) is 32.1 Å². The van der Waals surface area contributed by atoms with Gasteiger partial charge in [-0.15, -0.1) is 0 Å². The van der Waals surface area contributed by atoms with Gasteiger partial charge in [0.1, 0.15) is 11.0 Å². The van der Waals surface area contributed by atoms with E-state index < -0.39 is 0 Å². The molecule has 1 aromatic rings. The molecule has 16 heavy (non-hydrogen) atoms. The predicted molar refractivity (Wildman–Crippen MR) is 70.0 cm³/mol. The number of hydrogen-bond acceptors (Lipinski definition) is 3. The second kappa shape index (κ2) is 6.06. The molecule has 0 aromatic carbocycles. The number of nitrogens with one attached hydrogen (secondary N) is 1. The van der Waals surface area contributed by atoms with Gasteiger partial charge >= 0.3 is 0 Å². The summed E-state index contributed by atoms with van der Waals surface area (Å²) in [6.07, 6.45) is 0. The second-order valence-electron chi connectivity index (χ2n) is 4.60. The van der Waals surface area contributed by atoms with Crippen molar-refractivity contribution in [2.45, 2.75) is 19.9 Å². The van der Waals surface area contributed by atoms with Gasteiger partial charge in [0.15, 0.2) is 0 Å². The fourth-order valence-corrected chi connectivity index (χ4v) is 1.66. The van der Waals surface area contributed by atoms with Crippen molar-refractivity contribution in [2.24, 2.45) is 5.92 Å². The summed E-state index contributed by atoms with van der Waals surface area (Å²) in [4.78, 5) is 6.41. The largest absolute Gasteiger partial charge is 0.366 e. The molecule has 0 aliphatic carbocycles. The fourth-order valence-electron chi connectivity index (χ4n) is 1.50. The first-order chi connectivity index (χ1) is 7.49. The molecular formula is C12H20ClN3. The number of aromatic nitrogens is 1. The van der Waals surface area contributed by atoms with E-state index in [-0.39, 0.29) is 0 Å². The highest BCUT2D eigenvalue weighted by molar-refractivity contribution is 6.29. The molecule has 0 saturated carbocycles. The molecule has 0 amide bonds. The first-order valence-corrected chi connectivity index (χ1v) is 5.90. The summed E-state index contributed by atoms with van der Waals surface area (Å²) in [5, 5.41) is 3.94. The van der Waals surface area contributed by atoms with Crippen molar-refractivity contribution in [1.29, 1.82) is 0 Å². The topological polar surface area (TPSA) is 28.2 Å². The summed E-state index contributed by atoms with van der Waals surface area (Å²) in [6, 6.07) is 6.01. The van der Waals surface area contributed by atoms with Crippen molar-refractivity contribution < 1.29 is 0 Å². The quantitative estimate of drug-likeness (QED) is 0.804. The maximum absolute atomic E-state index is 5.85. The molecule has 4 heteroatoms. The van der Waals surface area contributed by atoms with Crippen molar-refractivity contribution in [3.05, 3.63) is 23.4 Å². The van der Waals surface area contributed by atoms with Crippen molar-refractivity contribution in [1.82, 2.24) is 9.88 Å². The summed E-state index contributed by atoms with van der Waals surface area (Å²) in [7, 11) is 4.14. The van der Waals surface area contributed by atoms with E-state index >= 15 is 0 Å². The van der Waals surface area contributed by atoms with Gasteiger partial charge in [-0.25, -0.2) is 4.98 Å². The minimum atomic E-state index is 0.376. The van der Waals surface area contributed by atoms with Crippen LogP contribution in [0.1, 0.15) is 13.8 Å². The van der Waals surface area contributed by atoms with Gasteiger partial charge in [0.25, 0.3) is 0 Å². The zero-order valence-electron chi connectivity index (χ0n) is 10.4. The summed E-state index contributed by atoms with van der Waals surface area (Å²) >= 11 is 5.85. The number of likely N-dealkylation sites (N-methyl/N-ethyl adjacent to an activating group) is 1. The van der Waals surface area contributed by atoms with E-state index in [1.165, 1.54) is 0 Å². The molecule has 0 spiro atoms. The monoisotopic (exact) mass is 241 g/mol. The average Bonchev–Trinajstić information content (AvgIpc) is 2.15. The number of pyridine rings is 1. The number of halogens is 1. The summed E-state index contributed by atoms with van der Waals surface area (Å²) < 4.78 is 0. The fraction of sp³-hybridized carbons (Fsp3) is 0.583. The summed E-state index contributed by atoms with van der Waals surface area (Å²) in [6.45, 7) is 5.38. The highest BCUT2D eigenvalue weighted by Gasteiger charge is 2.14. The summed E-state index contributed by atoms with van der Waals surface area (Å²) in [5.41, 5.74) is 0. The molecule has 1 heterocycles. The lowest BCUT2D eigenvalue weighted by Crippen LogP contribution is -2.36. The molecular weight excluding hydrogens is 222 g/mol. The molecule has 1 aromatic heterocycles. The Hall–Kier alpha value is -0.800. The van der Waals surface area contributed by atoms with Crippen molar-refractivity contribution in [3.8, 4) is 0 Å². The zero-order chi connectivity index (χ0) is 12.1. The van der Waals surface area contributed by atoms with Crippen LogP contribution in [0.25, 0.3) is 0 Å². The van der Waals surface area contributed by atoms with Crippen LogP contribution in [0.15, 0.2) is 18.2 Å². The Morgan fingerprint density at radius 3 is 2.56 bits per heavy atom. The molecule has 0 aliphatic rings. The molecule has 3 nitrogen and oxygen atoms in total. The predicted octanol–water partition coefficient (Wildman–Crippen LogP) is 2.73. The highest BCUT2D eigenvalue weighted by Crippen LogP contribution is 2.13. The SMILES string of the molecule is CC(C)C(CN(C)C)Nc1cccc(Cl)n1. The third-order valence-electron chi connectivity index (χ3n) is 2.41. The van der Waals surface area contributed by atoms with E-state index in [2.05, 4.69) is 43.1 Å².